The zero-order valence-electron chi connectivity index (χ0n) is 16.3. The van der Waals surface area contributed by atoms with Crippen molar-refractivity contribution >= 4 is 17.6 Å². The number of anilines is 1. The van der Waals surface area contributed by atoms with Gasteiger partial charge in [0.25, 0.3) is 5.91 Å². The summed E-state index contributed by atoms with van der Waals surface area (Å²) in [6.45, 7) is 5.89. The Hall–Kier alpha value is -3.40. The Balaban J connectivity index is 2.06. The van der Waals surface area contributed by atoms with Gasteiger partial charge in [0.2, 0.25) is 0 Å². The van der Waals surface area contributed by atoms with Gasteiger partial charge < -0.3 is 14.7 Å². The van der Waals surface area contributed by atoms with Crippen molar-refractivity contribution in [1.82, 2.24) is 0 Å². The fourth-order valence-electron chi connectivity index (χ4n) is 3.30. The molecule has 148 valence electrons. The Kier molecular flexibility index (Phi) is 6.13. The molecule has 0 fully saturated rings. The molecule has 0 aliphatic carbocycles. The van der Waals surface area contributed by atoms with Crippen LogP contribution in [0, 0.1) is 0 Å². The number of fused-ring (bicyclic) bond motifs is 1. The van der Waals surface area contributed by atoms with E-state index in [1.807, 2.05) is 30.3 Å². The average Bonchev–Trinajstić information content (AvgIpc) is 2.95. The van der Waals surface area contributed by atoms with Gasteiger partial charge in [-0.3, -0.25) is 4.79 Å². The van der Waals surface area contributed by atoms with Gasteiger partial charge in [0.1, 0.15) is 0 Å². The predicted octanol–water partition coefficient (Wildman–Crippen LogP) is 3.29. The second-order valence-electron chi connectivity index (χ2n) is 6.64. The summed E-state index contributed by atoms with van der Waals surface area (Å²) in [7, 11) is 0. The van der Waals surface area contributed by atoms with E-state index in [4.69, 9.17) is 4.74 Å². The second-order valence-corrected chi connectivity index (χ2v) is 6.64. The molecule has 29 heavy (non-hydrogen) atoms. The molecule has 1 unspecified atom stereocenters. The fraction of sp³-hybridized carbons (Fsp3) is 0.208. The number of carbonyl (C=O) groups excluding carboxylic acids is 2. The summed E-state index contributed by atoms with van der Waals surface area (Å²) in [5.41, 5.74) is 3.14. The van der Waals surface area contributed by atoms with Gasteiger partial charge in [-0.25, -0.2) is 4.79 Å². The number of para-hydroxylation sites is 1. The van der Waals surface area contributed by atoms with E-state index >= 15 is 0 Å². The predicted molar refractivity (Wildman–Crippen MR) is 111 cm³/mol. The van der Waals surface area contributed by atoms with Crippen LogP contribution in [0.15, 0.2) is 84.6 Å². The monoisotopic (exact) mass is 389 g/mol. The molecule has 5 nitrogen and oxygen atoms in total. The van der Waals surface area contributed by atoms with E-state index in [9.17, 15) is 14.7 Å². The number of ether oxygens (including phenoxy) is 1. The molecule has 1 heterocycles. The molecule has 0 bridgehead atoms. The third kappa shape index (κ3) is 4.06. The summed E-state index contributed by atoms with van der Waals surface area (Å²) < 4.78 is 5.13. The minimum atomic E-state index is -1.91. The molecule has 1 aliphatic rings. The molecule has 2 aromatic rings. The smallest absolute Gasteiger partial charge is 0.342 e. The van der Waals surface area contributed by atoms with E-state index in [0.717, 1.165) is 5.56 Å². The molecule has 1 N–H and O–H groups in total. The van der Waals surface area contributed by atoms with Crippen LogP contribution in [0.25, 0.3) is 0 Å². The molecule has 1 aliphatic heterocycles. The largest absolute Gasteiger partial charge is 0.462 e. The number of hydrogen-bond acceptors (Lipinski definition) is 4. The standard InChI is InChI=1S/C24H23NO4/c1-3-16-25-21-13-9-8-12-20(21)24(28,23(25)27)15-14-19(22(26)29-4-2)17-18-10-6-5-7-11-18/h3,5-13,15,28H,1,4,16-17H2,2H3. The van der Waals surface area contributed by atoms with Gasteiger partial charge in [0, 0.05) is 24.6 Å². The van der Waals surface area contributed by atoms with Crippen LogP contribution >= 0.6 is 0 Å². The lowest BCUT2D eigenvalue weighted by atomic mass is 9.94. The van der Waals surface area contributed by atoms with E-state index in [1.165, 1.54) is 11.0 Å². The minimum absolute atomic E-state index is 0.220. The van der Waals surface area contributed by atoms with Crippen LogP contribution in [0.3, 0.4) is 0 Å². The van der Waals surface area contributed by atoms with Crippen molar-refractivity contribution < 1.29 is 19.4 Å². The maximum Gasteiger partial charge on any atom is 0.342 e. The molecule has 0 radical (unpaired) electrons. The average molecular weight is 389 g/mol. The maximum absolute atomic E-state index is 13.0. The number of amides is 1. The summed E-state index contributed by atoms with van der Waals surface area (Å²) in [6.07, 6.45) is 3.13. The highest BCUT2D eigenvalue weighted by molar-refractivity contribution is 6.08. The van der Waals surface area contributed by atoms with E-state index < -0.39 is 17.5 Å². The maximum atomic E-state index is 13.0. The Morgan fingerprint density at radius 3 is 2.59 bits per heavy atom. The lowest BCUT2D eigenvalue weighted by Crippen LogP contribution is -2.38. The minimum Gasteiger partial charge on any atom is -0.462 e. The molecule has 2 aromatic carbocycles. The molecule has 1 amide bonds. The van der Waals surface area contributed by atoms with Gasteiger partial charge in [-0.15, -0.1) is 12.3 Å². The Morgan fingerprint density at radius 2 is 1.90 bits per heavy atom. The van der Waals surface area contributed by atoms with E-state index in [-0.39, 0.29) is 25.1 Å². The summed E-state index contributed by atoms with van der Waals surface area (Å²) in [5.74, 6) is -1.04. The van der Waals surface area contributed by atoms with Crippen molar-refractivity contribution in [1.29, 1.82) is 0 Å². The van der Waals surface area contributed by atoms with Gasteiger partial charge in [-0.1, -0.05) is 54.6 Å². The van der Waals surface area contributed by atoms with Gasteiger partial charge in [-0.05, 0) is 18.6 Å². The molecule has 0 spiro atoms. The number of aliphatic hydroxyl groups is 1. The van der Waals surface area contributed by atoms with Gasteiger partial charge in [-0.2, -0.15) is 0 Å². The van der Waals surface area contributed by atoms with Crippen LogP contribution in [-0.4, -0.2) is 30.1 Å². The Labute approximate surface area is 170 Å². The highest BCUT2D eigenvalue weighted by Gasteiger charge is 2.47. The van der Waals surface area contributed by atoms with E-state index in [1.54, 1.807) is 37.3 Å². The first-order valence-corrected chi connectivity index (χ1v) is 9.43. The van der Waals surface area contributed by atoms with E-state index in [2.05, 4.69) is 12.3 Å². The lowest BCUT2D eigenvalue weighted by Gasteiger charge is -2.18. The molecule has 0 saturated heterocycles. The van der Waals surface area contributed by atoms with Crippen molar-refractivity contribution in [2.75, 3.05) is 18.1 Å². The zero-order valence-corrected chi connectivity index (χ0v) is 16.3. The van der Waals surface area contributed by atoms with E-state index in [0.29, 0.717) is 11.3 Å². The summed E-state index contributed by atoms with van der Waals surface area (Å²) in [4.78, 5) is 26.9. The molecule has 3 rings (SSSR count). The topological polar surface area (TPSA) is 66.8 Å². The van der Waals surface area contributed by atoms with Crippen LogP contribution in [0.1, 0.15) is 18.1 Å². The van der Waals surface area contributed by atoms with Crippen LogP contribution in [0.2, 0.25) is 0 Å². The molecular formula is C24H23NO4. The van der Waals surface area contributed by atoms with Gasteiger partial charge >= 0.3 is 5.97 Å². The van der Waals surface area contributed by atoms with Crippen LogP contribution in [-0.2, 0) is 26.3 Å². The Morgan fingerprint density at radius 1 is 1.21 bits per heavy atom. The molecule has 5 heteroatoms. The highest BCUT2D eigenvalue weighted by Crippen LogP contribution is 2.40. The first kappa shape index (κ1) is 20.3. The molecule has 0 saturated carbocycles. The lowest BCUT2D eigenvalue weighted by molar-refractivity contribution is -0.138. The third-order valence-corrected chi connectivity index (χ3v) is 4.69. The van der Waals surface area contributed by atoms with Crippen LogP contribution < -0.4 is 4.90 Å². The highest BCUT2D eigenvalue weighted by atomic mass is 16.5. The quantitative estimate of drug-likeness (QED) is 0.342. The van der Waals surface area contributed by atoms with Crippen molar-refractivity contribution in [2.24, 2.45) is 0 Å². The van der Waals surface area contributed by atoms with Crippen LogP contribution in [0.5, 0.6) is 0 Å². The number of nitrogens with zero attached hydrogens (tertiary/aromatic N) is 1. The summed E-state index contributed by atoms with van der Waals surface area (Å²) >= 11 is 0. The SMILES string of the molecule is C=CCN1C(=O)C(O)(C=C=C(Cc2ccccc2)C(=O)OCC)c2ccccc21. The number of esters is 1. The van der Waals surface area contributed by atoms with Crippen molar-refractivity contribution in [3.63, 3.8) is 0 Å². The Bertz CT molecular complexity index is 989. The number of hydrogen-bond donors (Lipinski definition) is 1. The molecule has 1 atom stereocenters. The first-order valence-electron chi connectivity index (χ1n) is 9.43. The number of carbonyl (C=O) groups is 2. The van der Waals surface area contributed by atoms with Gasteiger partial charge in [0.15, 0.2) is 5.60 Å². The van der Waals surface area contributed by atoms with Crippen molar-refractivity contribution in [2.45, 2.75) is 18.9 Å². The number of benzene rings is 2. The van der Waals surface area contributed by atoms with Crippen molar-refractivity contribution in [3.8, 4) is 0 Å². The fourth-order valence-corrected chi connectivity index (χ4v) is 3.30. The zero-order chi connectivity index (χ0) is 20.9. The number of rotatable bonds is 7. The molecular weight excluding hydrogens is 366 g/mol. The first-order chi connectivity index (χ1) is 14.0. The molecule has 0 aromatic heterocycles. The van der Waals surface area contributed by atoms with Crippen molar-refractivity contribution in [3.05, 3.63) is 95.8 Å². The summed E-state index contributed by atoms with van der Waals surface area (Å²) in [6, 6.07) is 16.4. The summed E-state index contributed by atoms with van der Waals surface area (Å²) in [5, 5.41) is 11.2. The second kappa shape index (κ2) is 8.74. The van der Waals surface area contributed by atoms with Gasteiger partial charge in [0.05, 0.1) is 17.9 Å². The third-order valence-electron chi connectivity index (χ3n) is 4.69. The van der Waals surface area contributed by atoms with Crippen LogP contribution in [0.4, 0.5) is 5.69 Å². The normalized spacial score (nSPS) is 17.3.